The average Bonchev–Trinajstić information content (AvgIpc) is 2.69. The molecule has 1 aliphatic rings. The smallest absolute Gasteiger partial charge is 0.289 e. The van der Waals surface area contributed by atoms with E-state index < -0.39 is 0 Å². The Kier molecular flexibility index (Phi) is 2.39. The largest absolute Gasteiger partial charge is 0.459 e. The van der Waals surface area contributed by atoms with Gasteiger partial charge >= 0.3 is 0 Å². The molecule has 0 unspecified atom stereocenters. The molecule has 0 radical (unpaired) electrons. The van der Waals surface area contributed by atoms with E-state index in [1.807, 2.05) is 11.8 Å². The maximum atomic E-state index is 11.8. The summed E-state index contributed by atoms with van der Waals surface area (Å²) < 4.78 is 5.07. The maximum Gasteiger partial charge on any atom is 0.289 e. The van der Waals surface area contributed by atoms with Gasteiger partial charge in [-0.15, -0.1) is 0 Å². The van der Waals surface area contributed by atoms with Crippen LogP contribution in [-0.2, 0) is 0 Å². The molecule has 1 aliphatic heterocycles. The highest BCUT2D eigenvalue weighted by atomic mass is 16.3. The van der Waals surface area contributed by atoms with E-state index in [-0.39, 0.29) is 5.91 Å². The number of nitrogens with zero attached hydrogens (tertiary/aromatic N) is 1. The summed E-state index contributed by atoms with van der Waals surface area (Å²) in [7, 11) is 0. The van der Waals surface area contributed by atoms with Gasteiger partial charge in [0.05, 0.1) is 6.26 Å². The van der Waals surface area contributed by atoms with E-state index in [9.17, 15) is 4.79 Å². The Hall–Kier alpha value is -1.51. The molecule has 0 saturated carbocycles. The summed E-state index contributed by atoms with van der Waals surface area (Å²) >= 11 is 0. The van der Waals surface area contributed by atoms with Crippen molar-refractivity contribution in [3.63, 3.8) is 0 Å². The molecule has 0 N–H and O–H groups in total. The molecular weight excluding hydrogens is 178 g/mol. The normalized spacial score (nSPS) is 16.6. The zero-order valence-electron chi connectivity index (χ0n) is 8.19. The Morgan fingerprint density at radius 3 is 3.07 bits per heavy atom. The van der Waals surface area contributed by atoms with Crippen LogP contribution in [0.25, 0.3) is 0 Å². The molecule has 0 atom stereocenters. The lowest BCUT2D eigenvalue weighted by atomic mass is 10.1. The number of carbonyl (C=O) groups is 1. The molecule has 0 fully saturated rings. The van der Waals surface area contributed by atoms with Crippen LogP contribution in [0, 0.1) is 0 Å². The molecule has 0 aromatic carbocycles. The fraction of sp³-hybridized carbons (Fsp3) is 0.364. The van der Waals surface area contributed by atoms with Crippen molar-refractivity contribution < 1.29 is 9.21 Å². The highest BCUT2D eigenvalue weighted by Gasteiger charge is 2.19. The van der Waals surface area contributed by atoms with Crippen LogP contribution in [0.5, 0.6) is 0 Å². The SMILES string of the molecule is CC1=CCCN(C(=O)c2ccco2)C1. The van der Waals surface area contributed by atoms with Gasteiger partial charge in [-0.25, -0.2) is 0 Å². The molecule has 74 valence electrons. The Bertz CT molecular complexity index is 351. The average molecular weight is 191 g/mol. The first-order chi connectivity index (χ1) is 6.77. The monoisotopic (exact) mass is 191 g/mol. The summed E-state index contributed by atoms with van der Waals surface area (Å²) in [5, 5.41) is 0. The molecule has 2 heterocycles. The molecule has 3 nitrogen and oxygen atoms in total. The van der Waals surface area contributed by atoms with E-state index in [0.717, 1.165) is 19.5 Å². The van der Waals surface area contributed by atoms with E-state index in [0.29, 0.717) is 5.76 Å². The van der Waals surface area contributed by atoms with Crippen molar-refractivity contribution in [1.29, 1.82) is 0 Å². The zero-order chi connectivity index (χ0) is 9.97. The summed E-state index contributed by atoms with van der Waals surface area (Å²) in [4.78, 5) is 13.6. The van der Waals surface area contributed by atoms with Crippen LogP contribution in [0.3, 0.4) is 0 Å². The molecule has 3 heteroatoms. The van der Waals surface area contributed by atoms with E-state index in [4.69, 9.17) is 4.42 Å². The van der Waals surface area contributed by atoms with Gasteiger partial charge in [-0.2, -0.15) is 0 Å². The molecule has 1 aromatic rings. The van der Waals surface area contributed by atoms with Gasteiger partial charge in [0.2, 0.25) is 0 Å². The van der Waals surface area contributed by atoms with Crippen LogP contribution in [0.15, 0.2) is 34.5 Å². The summed E-state index contributed by atoms with van der Waals surface area (Å²) in [5.41, 5.74) is 1.25. The van der Waals surface area contributed by atoms with Crippen molar-refractivity contribution in [2.24, 2.45) is 0 Å². The van der Waals surface area contributed by atoms with Crippen molar-refractivity contribution in [3.8, 4) is 0 Å². The second-order valence-corrected chi connectivity index (χ2v) is 3.54. The lowest BCUT2D eigenvalue weighted by Crippen LogP contribution is -2.35. The molecule has 1 amide bonds. The minimum absolute atomic E-state index is 0.0116. The Morgan fingerprint density at radius 2 is 2.43 bits per heavy atom. The summed E-state index contributed by atoms with van der Waals surface area (Å²) in [5.74, 6) is 0.419. The fourth-order valence-electron chi connectivity index (χ4n) is 1.64. The first kappa shape index (κ1) is 9.06. The number of hydrogen-bond acceptors (Lipinski definition) is 2. The summed E-state index contributed by atoms with van der Waals surface area (Å²) in [6, 6.07) is 3.44. The molecule has 14 heavy (non-hydrogen) atoms. The minimum Gasteiger partial charge on any atom is -0.459 e. The third-order valence-electron chi connectivity index (χ3n) is 2.35. The second kappa shape index (κ2) is 3.70. The van der Waals surface area contributed by atoms with Crippen LogP contribution in [0.2, 0.25) is 0 Å². The Morgan fingerprint density at radius 1 is 1.57 bits per heavy atom. The van der Waals surface area contributed by atoms with Gasteiger partial charge in [0, 0.05) is 13.1 Å². The number of rotatable bonds is 1. The quantitative estimate of drug-likeness (QED) is 0.637. The van der Waals surface area contributed by atoms with E-state index >= 15 is 0 Å². The Labute approximate surface area is 83.0 Å². The summed E-state index contributed by atoms with van der Waals surface area (Å²) in [6.07, 6.45) is 4.64. The van der Waals surface area contributed by atoms with Crippen LogP contribution < -0.4 is 0 Å². The predicted octanol–water partition coefficient (Wildman–Crippen LogP) is 2.07. The first-order valence-electron chi connectivity index (χ1n) is 4.76. The van der Waals surface area contributed by atoms with Crippen LogP contribution >= 0.6 is 0 Å². The molecule has 2 rings (SSSR count). The number of hydrogen-bond donors (Lipinski definition) is 0. The highest BCUT2D eigenvalue weighted by molar-refractivity contribution is 5.91. The van der Waals surface area contributed by atoms with Gasteiger partial charge in [-0.3, -0.25) is 4.79 Å². The van der Waals surface area contributed by atoms with Crippen molar-refractivity contribution in [1.82, 2.24) is 4.90 Å². The van der Waals surface area contributed by atoms with Gasteiger partial charge in [0.25, 0.3) is 5.91 Å². The molecule has 0 aliphatic carbocycles. The summed E-state index contributed by atoms with van der Waals surface area (Å²) in [6.45, 7) is 3.55. The van der Waals surface area contributed by atoms with Crippen molar-refractivity contribution >= 4 is 5.91 Å². The van der Waals surface area contributed by atoms with Crippen molar-refractivity contribution in [3.05, 3.63) is 35.8 Å². The molecule has 0 saturated heterocycles. The van der Waals surface area contributed by atoms with Gasteiger partial charge in [0.15, 0.2) is 5.76 Å². The third kappa shape index (κ3) is 1.71. The first-order valence-corrected chi connectivity index (χ1v) is 4.76. The van der Waals surface area contributed by atoms with Gasteiger partial charge in [0.1, 0.15) is 0 Å². The van der Waals surface area contributed by atoms with E-state index in [2.05, 4.69) is 6.08 Å². The minimum atomic E-state index is -0.0116. The molecule has 0 spiro atoms. The Balaban J connectivity index is 2.10. The van der Waals surface area contributed by atoms with Gasteiger partial charge in [-0.1, -0.05) is 11.6 Å². The van der Waals surface area contributed by atoms with Crippen LogP contribution in [-0.4, -0.2) is 23.9 Å². The fourth-order valence-corrected chi connectivity index (χ4v) is 1.64. The lowest BCUT2D eigenvalue weighted by Gasteiger charge is -2.25. The lowest BCUT2D eigenvalue weighted by molar-refractivity contribution is 0.0734. The molecule has 0 bridgehead atoms. The second-order valence-electron chi connectivity index (χ2n) is 3.54. The third-order valence-corrected chi connectivity index (χ3v) is 2.35. The predicted molar refractivity (Wildman–Crippen MR) is 53.0 cm³/mol. The highest BCUT2D eigenvalue weighted by Crippen LogP contribution is 2.13. The van der Waals surface area contributed by atoms with Gasteiger partial charge in [-0.05, 0) is 25.5 Å². The van der Waals surface area contributed by atoms with Crippen LogP contribution in [0.4, 0.5) is 0 Å². The number of amides is 1. The van der Waals surface area contributed by atoms with Crippen molar-refractivity contribution in [2.45, 2.75) is 13.3 Å². The molecular formula is C11H13NO2. The maximum absolute atomic E-state index is 11.8. The van der Waals surface area contributed by atoms with Gasteiger partial charge < -0.3 is 9.32 Å². The van der Waals surface area contributed by atoms with E-state index in [1.165, 1.54) is 11.8 Å². The zero-order valence-corrected chi connectivity index (χ0v) is 8.19. The van der Waals surface area contributed by atoms with Crippen molar-refractivity contribution in [2.75, 3.05) is 13.1 Å². The topological polar surface area (TPSA) is 33.5 Å². The number of furan rings is 1. The van der Waals surface area contributed by atoms with E-state index in [1.54, 1.807) is 12.1 Å². The van der Waals surface area contributed by atoms with Crippen LogP contribution in [0.1, 0.15) is 23.9 Å². The molecule has 1 aromatic heterocycles. The number of carbonyl (C=O) groups excluding carboxylic acids is 1. The standard InChI is InChI=1S/C11H13NO2/c1-9-4-2-6-12(8-9)11(13)10-5-3-7-14-10/h3-5,7H,2,6,8H2,1H3.